The topological polar surface area (TPSA) is 77.5 Å². The van der Waals surface area contributed by atoms with Crippen LogP contribution in [0.3, 0.4) is 0 Å². The predicted molar refractivity (Wildman–Crippen MR) is 153 cm³/mol. The SMILES string of the molecule is Cc1ccc2c(c1)CCN2c1ccc(-c2ccc3c(c2)CCN[C@H]3CNc2cnccc2C(=O)O)c(C)c1. The van der Waals surface area contributed by atoms with Crippen LogP contribution in [-0.2, 0) is 12.8 Å². The van der Waals surface area contributed by atoms with E-state index in [0.29, 0.717) is 12.2 Å². The van der Waals surface area contributed by atoms with E-state index in [0.717, 1.165) is 25.9 Å². The van der Waals surface area contributed by atoms with Gasteiger partial charge in [0.2, 0.25) is 0 Å². The summed E-state index contributed by atoms with van der Waals surface area (Å²) in [6, 6.07) is 22.0. The maximum Gasteiger partial charge on any atom is 0.337 e. The standard InChI is InChI=1S/C32H32N4O2/c1-20-3-8-31-24(15-20)11-14-36(31)25-5-7-26(21(2)16-25)22-4-6-27-23(17-22)9-13-34-30(27)19-35-29-18-33-12-10-28(29)32(37)38/h3-8,10,12,15-18,30,34-35H,9,11,13-14,19H2,1-2H3,(H,37,38)/t30-/m0/s1. The van der Waals surface area contributed by atoms with Crippen molar-refractivity contribution in [1.29, 1.82) is 0 Å². The number of carboxylic acid groups (broad SMARTS) is 1. The molecule has 2 aliphatic heterocycles. The number of nitrogens with zero attached hydrogens (tertiary/aromatic N) is 2. The number of anilines is 3. The average molecular weight is 505 g/mol. The summed E-state index contributed by atoms with van der Waals surface area (Å²) in [7, 11) is 0. The quantitative estimate of drug-likeness (QED) is 0.296. The number of aromatic carboxylic acids is 1. The summed E-state index contributed by atoms with van der Waals surface area (Å²) in [5, 5.41) is 16.3. The van der Waals surface area contributed by atoms with Crippen molar-refractivity contribution in [2.24, 2.45) is 0 Å². The average Bonchev–Trinajstić information content (AvgIpc) is 3.34. The fraction of sp³-hybridized carbons (Fsp3) is 0.250. The Morgan fingerprint density at radius 3 is 2.79 bits per heavy atom. The Morgan fingerprint density at radius 2 is 1.95 bits per heavy atom. The first-order chi connectivity index (χ1) is 18.5. The van der Waals surface area contributed by atoms with Gasteiger partial charge in [0.05, 0.1) is 17.4 Å². The summed E-state index contributed by atoms with van der Waals surface area (Å²) in [5.41, 5.74) is 12.5. The van der Waals surface area contributed by atoms with Crippen molar-refractivity contribution in [3.8, 4) is 11.1 Å². The molecule has 1 aromatic heterocycles. The number of rotatable bonds is 6. The minimum atomic E-state index is -0.957. The third-order valence-corrected chi connectivity index (χ3v) is 7.81. The zero-order valence-electron chi connectivity index (χ0n) is 21.8. The van der Waals surface area contributed by atoms with Crippen LogP contribution in [0.4, 0.5) is 17.1 Å². The van der Waals surface area contributed by atoms with Gasteiger partial charge in [-0.2, -0.15) is 0 Å². The normalized spacial score (nSPS) is 16.2. The minimum absolute atomic E-state index is 0.0944. The summed E-state index contributed by atoms with van der Waals surface area (Å²) < 4.78 is 0. The lowest BCUT2D eigenvalue weighted by Crippen LogP contribution is -2.34. The van der Waals surface area contributed by atoms with E-state index in [1.54, 1.807) is 6.20 Å². The molecule has 6 rings (SSSR count). The Morgan fingerprint density at radius 1 is 1.05 bits per heavy atom. The van der Waals surface area contributed by atoms with Gasteiger partial charge in [-0.1, -0.05) is 42.0 Å². The molecule has 3 aromatic carbocycles. The molecular formula is C32H32N4O2. The lowest BCUT2D eigenvalue weighted by Gasteiger charge is -2.28. The molecule has 0 spiro atoms. The fourth-order valence-corrected chi connectivity index (χ4v) is 5.88. The fourth-order valence-electron chi connectivity index (χ4n) is 5.88. The Bertz CT molecular complexity index is 1530. The van der Waals surface area contributed by atoms with Crippen LogP contribution in [-0.4, -0.2) is 35.7 Å². The summed E-state index contributed by atoms with van der Waals surface area (Å²) in [5.74, 6) is -0.957. The van der Waals surface area contributed by atoms with Crippen molar-refractivity contribution >= 4 is 23.0 Å². The Kier molecular flexibility index (Phi) is 6.34. The number of fused-ring (bicyclic) bond motifs is 2. The van der Waals surface area contributed by atoms with Gasteiger partial charge in [-0.15, -0.1) is 0 Å². The first-order valence-electron chi connectivity index (χ1n) is 13.2. The summed E-state index contributed by atoms with van der Waals surface area (Å²) >= 11 is 0. The second-order valence-electron chi connectivity index (χ2n) is 10.3. The molecule has 0 bridgehead atoms. The van der Waals surface area contributed by atoms with E-state index < -0.39 is 5.97 Å². The third kappa shape index (κ3) is 4.52. The van der Waals surface area contributed by atoms with E-state index in [1.165, 1.54) is 62.6 Å². The molecule has 0 aliphatic carbocycles. The van der Waals surface area contributed by atoms with E-state index in [4.69, 9.17) is 0 Å². The van der Waals surface area contributed by atoms with E-state index in [-0.39, 0.29) is 11.6 Å². The molecule has 0 fully saturated rings. The highest BCUT2D eigenvalue weighted by Gasteiger charge is 2.23. The molecule has 6 heteroatoms. The third-order valence-electron chi connectivity index (χ3n) is 7.81. The first-order valence-corrected chi connectivity index (χ1v) is 13.2. The van der Waals surface area contributed by atoms with E-state index >= 15 is 0 Å². The van der Waals surface area contributed by atoms with Crippen LogP contribution in [0.25, 0.3) is 11.1 Å². The highest BCUT2D eigenvalue weighted by molar-refractivity contribution is 5.93. The van der Waals surface area contributed by atoms with Gasteiger partial charge in [0.1, 0.15) is 0 Å². The van der Waals surface area contributed by atoms with Crippen molar-refractivity contribution in [3.63, 3.8) is 0 Å². The maximum atomic E-state index is 11.5. The number of benzene rings is 3. The largest absolute Gasteiger partial charge is 0.478 e. The number of aryl methyl sites for hydroxylation is 2. The Balaban J connectivity index is 1.22. The van der Waals surface area contributed by atoms with E-state index in [1.807, 2.05) is 0 Å². The maximum absolute atomic E-state index is 11.5. The Labute approximate surface area is 223 Å². The lowest BCUT2D eigenvalue weighted by atomic mass is 9.89. The number of pyridine rings is 1. The van der Waals surface area contributed by atoms with Crippen molar-refractivity contribution in [2.45, 2.75) is 32.7 Å². The van der Waals surface area contributed by atoms with Gasteiger partial charge in [0, 0.05) is 36.7 Å². The Hall–Kier alpha value is -4.16. The van der Waals surface area contributed by atoms with Crippen LogP contribution in [0.2, 0.25) is 0 Å². The van der Waals surface area contributed by atoms with E-state index in [2.05, 4.69) is 89.0 Å². The first kappa shape index (κ1) is 24.2. The molecule has 0 saturated heterocycles. The van der Waals surface area contributed by atoms with E-state index in [9.17, 15) is 9.90 Å². The number of nitrogens with one attached hydrogen (secondary N) is 2. The molecule has 1 atom stereocenters. The summed E-state index contributed by atoms with van der Waals surface area (Å²) in [4.78, 5) is 18.1. The number of carbonyl (C=O) groups is 1. The number of hydrogen-bond donors (Lipinski definition) is 3. The molecule has 2 aliphatic rings. The zero-order valence-corrected chi connectivity index (χ0v) is 21.8. The molecule has 6 nitrogen and oxygen atoms in total. The van der Waals surface area contributed by atoms with Gasteiger partial charge >= 0.3 is 5.97 Å². The second kappa shape index (κ2) is 9.95. The number of aromatic nitrogens is 1. The van der Waals surface area contributed by atoms with Crippen LogP contribution in [0, 0.1) is 13.8 Å². The molecule has 3 heterocycles. The van der Waals surface area contributed by atoms with Crippen LogP contribution in [0.1, 0.15) is 44.2 Å². The molecule has 0 saturated carbocycles. The van der Waals surface area contributed by atoms with Crippen LogP contribution in [0.15, 0.2) is 73.1 Å². The number of carboxylic acids is 1. The monoisotopic (exact) mass is 504 g/mol. The molecule has 0 amide bonds. The smallest absolute Gasteiger partial charge is 0.337 e. The number of hydrogen-bond acceptors (Lipinski definition) is 5. The van der Waals surface area contributed by atoms with Crippen molar-refractivity contribution in [3.05, 3.63) is 106 Å². The van der Waals surface area contributed by atoms with Gasteiger partial charge in [-0.25, -0.2) is 4.79 Å². The van der Waals surface area contributed by atoms with Gasteiger partial charge in [-0.05, 0) is 90.9 Å². The zero-order chi connectivity index (χ0) is 26.2. The second-order valence-corrected chi connectivity index (χ2v) is 10.3. The van der Waals surface area contributed by atoms with Gasteiger partial charge in [-0.3, -0.25) is 4.98 Å². The highest BCUT2D eigenvalue weighted by Crippen LogP contribution is 2.38. The molecule has 3 N–H and O–H groups in total. The molecule has 4 aromatic rings. The van der Waals surface area contributed by atoms with Crippen molar-refractivity contribution in [2.75, 3.05) is 29.9 Å². The lowest BCUT2D eigenvalue weighted by molar-refractivity contribution is 0.0697. The molecule has 192 valence electrons. The molecular weight excluding hydrogens is 472 g/mol. The van der Waals surface area contributed by atoms with Crippen molar-refractivity contribution < 1.29 is 9.90 Å². The molecule has 0 unspecified atom stereocenters. The van der Waals surface area contributed by atoms with Crippen LogP contribution < -0.4 is 15.5 Å². The predicted octanol–water partition coefficient (Wildman–Crippen LogP) is 6.06. The molecule has 0 radical (unpaired) electrons. The van der Waals surface area contributed by atoms with Gasteiger partial charge in [0.15, 0.2) is 0 Å². The summed E-state index contributed by atoms with van der Waals surface area (Å²) in [6.45, 7) is 6.85. The summed E-state index contributed by atoms with van der Waals surface area (Å²) in [6.07, 6.45) is 5.13. The highest BCUT2D eigenvalue weighted by atomic mass is 16.4. The van der Waals surface area contributed by atoms with Gasteiger partial charge in [0.25, 0.3) is 0 Å². The van der Waals surface area contributed by atoms with Crippen LogP contribution >= 0.6 is 0 Å². The van der Waals surface area contributed by atoms with Gasteiger partial charge < -0.3 is 20.6 Å². The van der Waals surface area contributed by atoms with Crippen LogP contribution in [0.5, 0.6) is 0 Å². The van der Waals surface area contributed by atoms with Crippen molar-refractivity contribution in [1.82, 2.24) is 10.3 Å². The minimum Gasteiger partial charge on any atom is -0.478 e. The molecule has 38 heavy (non-hydrogen) atoms.